The molecule has 10 heteroatoms. The van der Waals surface area contributed by atoms with E-state index in [4.69, 9.17) is 16.3 Å². The van der Waals surface area contributed by atoms with Gasteiger partial charge in [-0.1, -0.05) is 23.7 Å². The molecule has 2 fully saturated rings. The average Bonchev–Trinajstić information content (AvgIpc) is 2.80. The Balaban J connectivity index is 1.50. The van der Waals surface area contributed by atoms with Crippen LogP contribution in [0.25, 0.3) is 0 Å². The quantitative estimate of drug-likeness (QED) is 0.705. The van der Waals surface area contributed by atoms with Crippen LogP contribution in [0.2, 0.25) is 5.02 Å². The number of rotatable bonds is 4. The molecule has 1 aromatic heterocycles. The molecular formula is C20H23ClN4O4S. The van der Waals surface area contributed by atoms with Crippen molar-refractivity contribution in [2.24, 2.45) is 0 Å². The molecule has 2 aliphatic rings. The molecule has 0 atom stereocenters. The summed E-state index contributed by atoms with van der Waals surface area (Å²) in [4.78, 5) is 21.4. The third-order valence-corrected chi connectivity index (χ3v) is 7.49. The first-order chi connectivity index (χ1) is 14.5. The van der Waals surface area contributed by atoms with Crippen molar-refractivity contribution in [2.75, 3.05) is 57.4 Å². The molecule has 0 saturated carbocycles. The fraction of sp³-hybridized carbons (Fsp3) is 0.400. The van der Waals surface area contributed by atoms with Crippen molar-refractivity contribution in [3.63, 3.8) is 0 Å². The molecule has 2 aliphatic heterocycles. The highest BCUT2D eigenvalue weighted by atomic mass is 35.5. The Morgan fingerprint density at radius 1 is 0.967 bits per heavy atom. The lowest BCUT2D eigenvalue weighted by Crippen LogP contribution is -2.49. The van der Waals surface area contributed by atoms with Crippen molar-refractivity contribution in [1.29, 1.82) is 0 Å². The van der Waals surface area contributed by atoms with E-state index in [2.05, 4.69) is 9.88 Å². The normalized spacial score (nSPS) is 18.4. The Kier molecular flexibility index (Phi) is 6.24. The van der Waals surface area contributed by atoms with Crippen LogP contribution in [0.5, 0.6) is 0 Å². The van der Waals surface area contributed by atoms with E-state index in [1.54, 1.807) is 35.4 Å². The predicted molar refractivity (Wildman–Crippen MR) is 113 cm³/mol. The zero-order valence-corrected chi connectivity index (χ0v) is 18.0. The zero-order valence-electron chi connectivity index (χ0n) is 16.4. The number of amides is 1. The Morgan fingerprint density at radius 2 is 1.67 bits per heavy atom. The molecule has 1 aromatic carbocycles. The number of carbonyl (C=O) groups is 1. The lowest BCUT2D eigenvalue weighted by Gasteiger charge is -2.36. The SMILES string of the molecule is O=C(c1ccccc1S(=O)(=O)N1CCOCC1)N1CCN(c2ccc(Cl)cn2)CC1. The first kappa shape index (κ1) is 21.0. The summed E-state index contributed by atoms with van der Waals surface area (Å²) < 4.78 is 32.9. The van der Waals surface area contributed by atoms with Crippen molar-refractivity contribution in [3.8, 4) is 0 Å². The lowest BCUT2D eigenvalue weighted by atomic mass is 10.2. The van der Waals surface area contributed by atoms with E-state index < -0.39 is 10.0 Å². The van der Waals surface area contributed by atoms with Crippen molar-refractivity contribution < 1.29 is 17.9 Å². The highest BCUT2D eigenvalue weighted by Gasteiger charge is 2.32. The fourth-order valence-corrected chi connectivity index (χ4v) is 5.36. The molecule has 0 spiro atoms. The molecule has 2 aromatic rings. The summed E-state index contributed by atoms with van der Waals surface area (Å²) >= 11 is 5.90. The van der Waals surface area contributed by atoms with Crippen LogP contribution in [0.4, 0.5) is 5.82 Å². The summed E-state index contributed by atoms with van der Waals surface area (Å²) in [5.41, 5.74) is 0.210. The number of sulfonamides is 1. The Labute approximate surface area is 181 Å². The maximum Gasteiger partial charge on any atom is 0.255 e. The number of nitrogens with zero attached hydrogens (tertiary/aromatic N) is 4. The maximum absolute atomic E-state index is 13.2. The molecule has 4 rings (SSSR count). The Morgan fingerprint density at radius 3 is 2.33 bits per heavy atom. The maximum atomic E-state index is 13.2. The highest BCUT2D eigenvalue weighted by Crippen LogP contribution is 2.24. The number of pyridine rings is 1. The minimum atomic E-state index is -3.76. The van der Waals surface area contributed by atoms with E-state index in [1.807, 2.05) is 6.07 Å². The van der Waals surface area contributed by atoms with Gasteiger partial charge >= 0.3 is 0 Å². The second-order valence-electron chi connectivity index (χ2n) is 7.13. The first-order valence-corrected chi connectivity index (χ1v) is 11.6. The fourth-order valence-electron chi connectivity index (χ4n) is 3.66. The lowest BCUT2D eigenvalue weighted by molar-refractivity contribution is 0.0722. The third kappa shape index (κ3) is 4.29. The van der Waals surface area contributed by atoms with Gasteiger partial charge in [-0.15, -0.1) is 0 Å². The monoisotopic (exact) mass is 450 g/mol. The van der Waals surface area contributed by atoms with Gasteiger partial charge in [0, 0.05) is 45.5 Å². The molecule has 8 nitrogen and oxygen atoms in total. The number of hydrogen-bond acceptors (Lipinski definition) is 6. The number of ether oxygens (including phenoxy) is 1. The van der Waals surface area contributed by atoms with Gasteiger partial charge in [-0.25, -0.2) is 13.4 Å². The number of aromatic nitrogens is 1. The molecular weight excluding hydrogens is 428 g/mol. The summed E-state index contributed by atoms with van der Waals surface area (Å²) in [6, 6.07) is 10.1. The van der Waals surface area contributed by atoms with E-state index >= 15 is 0 Å². The molecule has 160 valence electrons. The number of morpholine rings is 1. The highest BCUT2D eigenvalue weighted by molar-refractivity contribution is 7.89. The van der Waals surface area contributed by atoms with Gasteiger partial charge in [0.2, 0.25) is 10.0 Å². The minimum Gasteiger partial charge on any atom is -0.379 e. The zero-order chi connectivity index (χ0) is 21.1. The molecule has 1 amide bonds. The van der Waals surface area contributed by atoms with Crippen LogP contribution in [0, 0.1) is 0 Å². The first-order valence-electron chi connectivity index (χ1n) is 9.79. The third-order valence-electron chi connectivity index (χ3n) is 5.31. The largest absolute Gasteiger partial charge is 0.379 e. The van der Waals surface area contributed by atoms with E-state index in [1.165, 1.54) is 10.4 Å². The van der Waals surface area contributed by atoms with E-state index in [9.17, 15) is 13.2 Å². The second-order valence-corrected chi connectivity index (χ2v) is 9.47. The standard InChI is InChI=1S/C20H23ClN4O4S/c21-16-5-6-19(22-15-16)23-7-9-24(10-8-23)20(26)17-3-1-2-4-18(17)30(27,28)25-11-13-29-14-12-25/h1-6,15H,7-14H2. The van der Waals surface area contributed by atoms with E-state index in [0.29, 0.717) is 44.4 Å². The molecule has 0 unspecified atom stereocenters. The second kappa shape index (κ2) is 8.89. The van der Waals surface area contributed by atoms with Gasteiger partial charge in [0.25, 0.3) is 5.91 Å². The van der Waals surface area contributed by atoms with Crippen molar-refractivity contribution in [3.05, 3.63) is 53.2 Å². The molecule has 0 N–H and O–H groups in total. The van der Waals surface area contributed by atoms with Crippen molar-refractivity contribution in [1.82, 2.24) is 14.2 Å². The Hall–Kier alpha value is -2.20. The Bertz CT molecular complexity index is 1000. The molecule has 0 bridgehead atoms. The van der Waals surface area contributed by atoms with Gasteiger partial charge < -0.3 is 14.5 Å². The van der Waals surface area contributed by atoms with Crippen molar-refractivity contribution in [2.45, 2.75) is 4.90 Å². The molecule has 30 heavy (non-hydrogen) atoms. The van der Waals surface area contributed by atoms with Crippen molar-refractivity contribution >= 4 is 33.3 Å². The number of hydrogen-bond donors (Lipinski definition) is 0. The minimum absolute atomic E-state index is 0.0543. The number of benzene rings is 1. The average molecular weight is 451 g/mol. The number of halogens is 1. The summed E-state index contributed by atoms with van der Waals surface area (Å²) in [7, 11) is -3.76. The van der Waals surface area contributed by atoms with Gasteiger partial charge in [0.15, 0.2) is 0 Å². The molecule has 3 heterocycles. The van der Waals surface area contributed by atoms with Crippen LogP contribution in [-0.2, 0) is 14.8 Å². The number of piperazine rings is 1. The summed E-state index contributed by atoms with van der Waals surface area (Å²) in [6.45, 7) is 3.48. The molecule has 0 aliphatic carbocycles. The number of carbonyl (C=O) groups excluding carboxylic acids is 1. The smallest absolute Gasteiger partial charge is 0.255 e. The summed E-state index contributed by atoms with van der Waals surface area (Å²) in [5, 5.41) is 0.575. The van der Waals surface area contributed by atoms with Crippen LogP contribution in [0.3, 0.4) is 0 Å². The summed E-state index contributed by atoms with van der Waals surface area (Å²) in [6.07, 6.45) is 1.60. The topological polar surface area (TPSA) is 83.0 Å². The van der Waals surface area contributed by atoms with Gasteiger partial charge in [0.05, 0.1) is 28.7 Å². The molecule has 0 radical (unpaired) electrons. The predicted octanol–water partition coefficient (Wildman–Crippen LogP) is 1.72. The van der Waals surface area contributed by atoms with Gasteiger partial charge in [0.1, 0.15) is 5.82 Å². The molecule has 2 saturated heterocycles. The van der Waals surface area contributed by atoms with Crippen LogP contribution < -0.4 is 4.90 Å². The van der Waals surface area contributed by atoms with Gasteiger partial charge in [-0.05, 0) is 24.3 Å². The van der Waals surface area contributed by atoms with Crippen LogP contribution in [0.15, 0.2) is 47.5 Å². The van der Waals surface area contributed by atoms with Crippen LogP contribution >= 0.6 is 11.6 Å². The van der Waals surface area contributed by atoms with Gasteiger partial charge in [-0.2, -0.15) is 4.31 Å². The summed E-state index contributed by atoms with van der Waals surface area (Å²) in [5.74, 6) is 0.535. The van der Waals surface area contributed by atoms with Crippen LogP contribution in [-0.4, -0.2) is 81.0 Å². The van der Waals surface area contributed by atoms with Crippen LogP contribution in [0.1, 0.15) is 10.4 Å². The van der Waals surface area contributed by atoms with Gasteiger partial charge in [-0.3, -0.25) is 4.79 Å². The van der Waals surface area contributed by atoms with E-state index in [-0.39, 0.29) is 29.5 Å². The van der Waals surface area contributed by atoms with E-state index in [0.717, 1.165) is 5.82 Å². The number of anilines is 1.